The Kier molecular flexibility index (Phi) is 2.61. The van der Waals surface area contributed by atoms with Crippen molar-refractivity contribution < 1.29 is 5.11 Å². The van der Waals surface area contributed by atoms with Crippen LogP contribution in [0, 0.1) is 12.8 Å². The van der Waals surface area contributed by atoms with Crippen molar-refractivity contribution in [1.29, 1.82) is 0 Å². The summed E-state index contributed by atoms with van der Waals surface area (Å²) in [6.07, 6.45) is 1.00. The van der Waals surface area contributed by atoms with Crippen LogP contribution in [0.4, 0.5) is 5.82 Å². The monoisotopic (exact) mass is 212 g/mol. The Labute approximate surface area is 88.1 Å². The molecule has 3 nitrogen and oxygen atoms in total. The molecule has 0 amide bonds. The highest BCUT2D eigenvalue weighted by atomic mass is 35.5. The molecule has 1 fully saturated rings. The number of rotatable bonds is 3. The number of halogens is 1. The van der Waals surface area contributed by atoms with Crippen LogP contribution in [0.2, 0.25) is 5.02 Å². The summed E-state index contributed by atoms with van der Waals surface area (Å²) in [6.45, 7) is 2.17. The van der Waals surface area contributed by atoms with Crippen LogP contribution in [0.15, 0.2) is 12.1 Å². The SMILES string of the molecule is Cc1ccc(Cl)c(N[C@@H]2C[C@H]2CO)n1. The molecule has 0 aliphatic heterocycles. The van der Waals surface area contributed by atoms with E-state index >= 15 is 0 Å². The predicted octanol–water partition coefficient (Wildman–Crippen LogP) is 1.84. The van der Waals surface area contributed by atoms with Gasteiger partial charge in [0.25, 0.3) is 0 Å². The maximum atomic E-state index is 8.88. The normalized spacial score (nSPS) is 24.8. The number of hydrogen-bond donors (Lipinski definition) is 2. The number of anilines is 1. The summed E-state index contributed by atoms with van der Waals surface area (Å²) in [5.41, 5.74) is 0.943. The second kappa shape index (κ2) is 3.75. The number of nitrogens with one attached hydrogen (secondary N) is 1. The van der Waals surface area contributed by atoms with Crippen molar-refractivity contribution in [2.75, 3.05) is 11.9 Å². The lowest BCUT2D eigenvalue weighted by Gasteiger charge is -2.07. The zero-order chi connectivity index (χ0) is 10.1. The van der Waals surface area contributed by atoms with Crippen molar-refractivity contribution in [3.63, 3.8) is 0 Å². The fourth-order valence-electron chi connectivity index (χ4n) is 1.44. The van der Waals surface area contributed by atoms with Crippen molar-refractivity contribution in [2.24, 2.45) is 5.92 Å². The van der Waals surface area contributed by atoms with Crippen molar-refractivity contribution in [3.05, 3.63) is 22.8 Å². The average Bonchev–Trinajstić information content (AvgIpc) is 2.90. The molecule has 0 bridgehead atoms. The Morgan fingerprint density at radius 2 is 2.43 bits per heavy atom. The van der Waals surface area contributed by atoms with Crippen LogP contribution >= 0.6 is 11.6 Å². The molecule has 0 radical (unpaired) electrons. The van der Waals surface area contributed by atoms with Gasteiger partial charge in [0, 0.05) is 24.3 Å². The summed E-state index contributed by atoms with van der Waals surface area (Å²) < 4.78 is 0. The first-order valence-corrected chi connectivity index (χ1v) is 5.09. The summed E-state index contributed by atoms with van der Waals surface area (Å²) >= 11 is 5.97. The number of pyridine rings is 1. The molecule has 76 valence electrons. The van der Waals surface area contributed by atoms with E-state index in [2.05, 4.69) is 10.3 Å². The van der Waals surface area contributed by atoms with E-state index in [1.54, 1.807) is 0 Å². The van der Waals surface area contributed by atoms with Crippen molar-refractivity contribution in [1.82, 2.24) is 4.98 Å². The minimum Gasteiger partial charge on any atom is -0.396 e. The molecule has 1 heterocycles. The van der Waals surface area contributed by atoms with E-state index in [9.17, 15) is 0 Å². The van der Waals surface area contributed by atoms with Gasteiger partial charge in [0.2, 0.25) is 0 Å². The fraction of sp³-hybridized carbons (Fsp3) is 0.500. The zero-order valence-corrected chi connectivity index (χ0v) is 8.75. The molecular weight excluding hydrogens is 200 g/mol. The predicted molar refractivity (Wildman–Crippen MR) is 56.6 cm³/mol. The lowest BCUT2D eigenvalue weighted by Crippen LogP contribution is -2.08. The minimum atomic E-state index is 0.237. The van der Waals surface area contributed by atoms with Gasteiger partial charge in [-0.05, 0) is 25.5 Å². The van der Waals surface area contributed by atoms with Gasteiger partial charge in [-0.2, -0.15) is 0 Å². The lowest BCUT2D eigenvalue weighted by atomic mass is 10.3. The highest BCUT2D eigenvalue weighted by molar-refractivity contribution is 6.32. The number of aliphatic hydroxyl groups excluding tert-OH is 1. The van der Waals surface area contributed by atoms with E-state index in [-0.39, 0.29) is 6.61 Å². The van der Waals surface area contributed by atoms with Gasteiger partial charge in [0.05, 0.1) is 5.02 Å². The van der Waals surface area contributed by atoms with E-state index in [0.29, 0.717) is 17.0 Å². The van der Waals surface area contributed by atoms with Crippen LogP contribution < -0.4 is 5.32 Å². The van der Waals surface area contributed by atoms with Crippen LogP contribution in [0.1, 0.15) is 12.1 Å². The molecule has 2 N–H and O–H groups in total. The van der Waals surface area contributed by atoms with E-state index in [0.717, 1.165) is 17.9 Å². The molecular formula is C10H13ClN2O. The Balaban J connectivity index is 2.06. The number of aryl methyl sites for hydroxylation is 1. The summed E-state index contributed by atoms with van der Waals surface area (Å²) in [5, 5.41) is 12.7. The molecule has 1 aromatic rings. The zero-order valence-electron chi connectivity index (χ0n) is 8.00. The minimum absolute atomic E-state index is 0.237. The third-order valence-corrected chi connectivity index (χ3v) is 2.77. The molecule has 4 heteroatoms. The summed E-state index contributed by atoms with van der Waals surface area (Å²) in [7, 11) is 0. The average molecular weight is 213 g/mol. The largest absolute Gasteiger partial charge is 0.396 e. The second-order valence-corrected chi connectivity index (χ2v) is 4.12. The van der Waals surface area contributed by atoms with Crippen LogP contribution in [0.25, 0.3) is 0 Å². The molecule has 0 saturated heterocycles. The number of nitrogens with zero attached hydrogens (tertiary/aromatic N) is 1. The quantitative estimate of drug-likeness (QED) is 0.804. The van der Waals surface area contributed by atoms with E-state index in [4.69, 9.17) is 16.7 Å². The van der Waals surface area contributed by atoms with Gasteiger partial charge in [0.15, 0.2) is 0 Å². The number of aromatic nitrogens is 1. The molecule has 0 spiro atoms. The van der Waals surface area contributed by atoms with Crippen molar-refractivity contribution in [3.8, 4) is 0 Å². The Morgan fingerprint density at radius 3 is 3.07 bits per heavy atom. The first kappa shape index (κ1) is 9.74. The molecule has 1 saturated carbocycles. The van der Waals surface area contributed by atoms with E-state index in [1.807, 2.05) is 19.1 Å². The molecule has 0 aromatic carbocycles. The number of hydrogen-bond acceptors (Lipinski definition) is 3. The molecule has 2 rings (SSSR count). The fourth-order valence-corrected chi connectivity index (χ4v) is 1.60. The van der Waals surface area contributed by atoms with Crippen molar-refractivity contribution >= 4 is 17.4 Å². The first-order valence-electron chi connectivity index (χ1n) is 4.71. The summed E-state index contributed by atoms with van der Waals surface area (Å²) in [6, 6.07) is 4.05. The molecule has 14 heavy (non-hydrogen) atoms. The van der Waals surface area contributed by atoms with Crippen molar-refractivity contribution in [2.45, 2.75) is 19.4 Å². The topological polar surface area (TPSA) is 45.1 Å². The Morgan fingerprint density at radius 1 is 1.64 bits per heavy atom. The van der Waals surface area contributed by atoms with Crippen LogP contribution in [-0.2, 0) is 0 Å². The summed E-state index contributed by atoms with van der Waals surface area (Å²) in [4.78, 5) is 4.30. The highest BCUT2D eigenvalue weighted by Crippen LogP contribution is 2.34. The standard InChI is InChI=1S/C10H13ClN2O/c1-6-2-3-8(11)10(12-6)13-9-4-7(9)5-14/h2-3,7,9,14H,4-5H2,1H3,(H,12,13)/t7-,9+/m0/s1. The van der Waals surface area contributed by atoms with Gasteiger partial charge >= 0.3 is 0 Å². The smallest absolute Gasteiger partial charge is 0.145 e. The number of aliphatic hydroxyl groups is 1. The molecule has 1 aromatic heterocycles. The molecule has 1 aliphatic carbocycles. The first-order chi connectivity index (χ1) is 6.70. The van der Waals surface area contributed by atoms with Gasteiger partial charge in [-0.25, -0.2) is 4.98 Å². The van der Waals surface area contributed by atoms with Gasteiger partial charge < -0.3 is 10.4 Å². The Hall–Kier alpha value is -0.800. The van der Waals surface area contributed by atoms with E-state index in [1.165, 1.54) is 0 Å². The van der Waals surface area contributed by atoms with Gasteiger partial charge in [0.1, 0.15) is 5.82 Å². The van der Waals surface area contributed by atoms with Crippen LogP contribution in [-0.4, -0.2) is 22.7 Å². The van der Waals surface area contributed by atoms with Gasteiger partial charge in [-0.1, -0.05) is 11.6 Å². The molecule has 2 atom stereocenters. The van der Waals surface area contributed by atoms with Gasteiger partial charge in [-0.3, -0.25) is 0 Å². The maximum Gasteiger partial charge on any atom is 0.145 e. The third kappa shape index (κ3) is 1.99. The van der Waals surface area contributed by atoms with Crippen LogP contribution in [0.3, 0.4) is 0 Å². The lowest BCUT2D eigenvalue weighted by molar-refractivity contribution is 0.275. The highest BCUT2D eigenvalue weighted by Gasteiger charge is 2.36. The van der Waals surface area contributed by atoms with Gasteiger partial charge in [-0.15, -0.1) is 0 Å². The van der Waals surface area contributed by atoms with Crippen LogP contribution in [0.5, 0.6) is 0 Å². The summed E-state index contributed by atoms with van der Waals surface area (Å²) in [5.74, 6) is 1.10. The maximum absolute atomic E-state index is 8.88. The second-order valence-electron chi connectivity index (χ2n) is 3.71. The Bertz CT molecular complexity index is 343. The molecule has 0 unspecified atom stereocenters. The molecule has 1 aliphatic rings. The third-order valence-electron chi connectivity index (χ3n) is 2.46. The van der Waals surface area contributed by atoms with E-state index < -0.39 is 0 Å².